The summed E-state index contributed by atoms with van der Waals surface area (Å²) >= 11 is 5.78. The molecule has 0 N–H and O–H groups in total. The van der Waals surface area contributed by atoms with E-state index in [9.17, 15) is 8.42 Å². The highest BCUT2D eigenvalue weighted by atomic mass is 35.7. The third-order valence-electron chi connectivity index (χ3n) is 2.48. The number of benzene rings is 1. The maximum atomic E-state index is 11.1. The Labute approximate surface area is 106 Å². The first-order valence-electron chi connectivity index (χ1n) is 4.97. The van der Waals surface area contributed by atoms with E-state index >= 15 is 0 Å². The molecular formula is C11H14Cl2O2S. The van der Waals surface area contributed by atoms with Crippen LogP contribution in [0.3, 0.4) is 0 Å². The Morgan fingerprint density at radius 3 is 2.06 bits per heavy atom. The fraction of sp³-hybridized carbons (Fsp3) is 0.455. The molecule has 0 aromatic heterocycles. The smallest absolute Gasteiger partial charge is 0.212 e. The van der Waals surface area contributed by atoms with Crippen LogP contribution in [0.5, 0.6) is 0 Å². The van der Waals surface area contributed by atoms with Crippen LogP contribution in [0.25, 0.3) is 0 Å². The van der Waals surface area contributed by atoms with Gasteiger partial charge in [0.15, 0.2) is 0 Å². The molecule has 0 spiro atoms. The first-order chi connectivity index (χ1) is 7.29. The molecule has 1 atom stereocenters. The number of rotatable bonds is 4. The SMILES string of the molecule is CC(C)C(CS(=O)(=O)Cl)c1ccc(Cl)cc1. The lowest BCUT2D eigenvalue weighted by atomic mass is 9.90. The first kappa shape index (κ1) is 13.8. The van der Waals surface area contributed by atoms with Crippen LogP contribution in [-0.4, -0.2) is 14.2 Å². The van der Waals surface area contributed by atoms with E-state index in [4.69, 9.17) is 22.3 Å². The van der Waals surface area contributed by atoms with Crippen LogP contribution in [-0.2, 0) is 9.05 Å². The van der Waals surface area contributed by atoms with Crippen LogP contribution >= 0.6 is 22.3 Å². The topological polar surface area (TPSA) is 34.1 Å². The molecule has 90 valence electrons. The molecule has 0 heterocycles. The lowest BCUT2D eigenvalue weighted by molar-refractivity contribution is 0.525. The summed E-state index contributed by atoms with van der Waals surface area (Å²) in [5.74, 6) is 0.0582. The van der Waals surface area contributed by atoms with E-state index in [1.54, 1.807) is 12.1 Å². The Hall–Kier alpha value is -0.250. The highest BCUT2D eigenvalue weighted by Gasteiger charge is 2.21. The second kappa shape index (κ2) is 5.39. The summed E-state index contributed by atoms with van der Waals surface area (Å²) in [6.45, 7) is 3.95. The van der Waals surface area contributed by atoms with E-state index in [1.165, 1.54) is 0 Å². The second-order valence-corrected chi connectivity index (χ2v) is 7.37. The summed E-state index contributed by atoms with van der Waals surface area (Å²) < 4.78 is 22.3. The van der Waals surface area contributed by atoms with Crippen molar-refractivity contribution in [1.29, 1.82) is 0 Å². The molecule has 2 nitrogen and oxygen atoms in total. The van der Waals surface area contributed by atoms with Crippen LogP contribution in [0, 0.1) is 5.92 Å². The monoisotopic (exact) mass is 280 g/mol. The Kier molecular flexibility index (Phi) is 4.65. The van der Waals surface area contributed by atoms with Crippen molar-refractivity contribution >= 4 is 31.3 Å². The highest BCUT2D eigenvalue weighted by Crippen LogP contribution is 2.28. The van der Waals surface area contributed by atoms with E-state index in [0.29, 0.717) is 5.02 Å². The van der Waals surface area contributed by atoms with Crippen LogP contribution in [0.1, 0.15) is 25.3 Å². The standard InChI is InChI=1S/C11H14Cl2O2S/c1-8(2)11(7-16(13,14)15)9-3-5-10(12)6-4-9/h3-6,8,11H,7H2,1-2H3. The molecule has 16 heavy (non-hydrogen) atoms. The van der Waals surface area contributed by atoms with Gasteiger partial charge in [0.05, 0.1) is 5.75 Å². The molecule has 0 aliphatic heterocycles. The molecule has 1 unspecified atom stereocenters. The van der Waals surface area contributed by atoms with Gasteiger partial charge in [0.1, 0.15) is 0 Å². The molecule has 0 saturated carbocycles. The first-order valence-corrected chi connectivity index (χ1v) is 7.83. The zero-order valence-corrected chi connectivity index (χ0v) is 11.5. The summed E-state index contributed by atoms with van der Waals surface area (Å²) in [5, 5.41) is 0.639. The molecule has 0 aliphatic rings. The van der Waals surface area contributed by atoms with Crippen molar-refractivity contribution in [1.82, 2.24) is 0 Å². The summed E-state index contributed by atoms with van der Waals surface area (Å²) in [4.78, 5) is 0. The van der Waals surface area contributed by atoms with Crippen LogP contribution < -0.4 is 0 Å². The van der Waals surface area contributed by atoms with Gasteiger partial charge in [-0.15, -0.1) is 0 Å². The van der Waals surface area contributed by atoms with E-state index < -0.39 is 9.05 Å². The average molecular weight is 281 g/mol. The lowest BCUT2D eigenvalue weighted by Crippen LogP contribution is -2.15. The third kappa shape index (κ3) is 4.32. The van der Waals surface area contributed by atoms with E-state index in [2.05, 4.69) is 0 Å². The van der Waals surface area contributed by atoms with Gasteiger partial charge in [0, 0.05) is 21.6 Å². The van der Waals surface area contributed by atoms with Crippen molar-refractivity contribution in [3.8, 4) is 0 Å². The quantitative estimate of drug-likeness (QED) is 0.789. The molecule has 1 aromatic rings. The summed E-state index contributed by atoms with van der Waals surface area (Å²) in [7, 11) is 1.81. The largest absolute Gasteiger partial charge is 0.233 e. The van der Waals surface area contributed by atoms with Crippen molar-refractivity contribution in [3.63, 3.8) is 0 Å². The van der Waals surface area contributed by atoms with E-state index in [1.807, 2.05) is 26.0 Å². The minimum atomic E-state index is -3.49. The fourth-order valence-corrected chi connectivity index (χ4v) is 3.14. The Morgan fingerprint density at radius 1 is 1.19 bits per heavy atom. The van der Waals surface area contributed by atoms with Gasteiger partial charge in [-0.05, 0) is 23.6 Å². The molecule has 1 rings (SSSR count). The molecule has 0 aliphatic carbocycles. The molecule has 0 amide bonds. The maximum absolute atomic E-state index is 11.1. The van der Waals surface area contributed by atoms with Gasteiger partial charge in [-0.1, -0.05) is 37.6 Å². The van der Waals surface area contributed by atoms with Gasteiger partial charge >= 0.3 is 0 Å². The number of halogens is 2. The predicted octanol–water partition coefficient (Wildman–Crippen LogP) is 3.65. The van der Waals surface area contributed by atoms with Crippen molar-refractivity contribution in [2.75, 3.05) is 5.75 Å². The van der Waals surface area contributed by atoms with Gasteiger partial charge in [0.2, 0.25) is 9.05 Å². The van der Waals surface area contributed by atoms with Crippen LogP contribution in [0.2, 0.25) is 5.02 Å². The molecule has 0 fully saturated rings. The zero-order chi connectivity index (χ0) is 12.3. The fourth-order valence-electron chi connectivity index (χ4n) is 1.60. The lowest BCUT2D eigenvalue weighted by Gasteiger charge is -2.19. The Morgan fingerprint density at radius 2 is 1.69 bits per heavy atom. The van der Waals surface area contributed by atoms with E-state index in [-0.39, 0.29) is 17.6 Å². The highest BCUT2D eigenvalue weighted by molar-refractivity contribution is 8.13. The van der Waals surface area contributed by atoms with Crippen molar-refractivity contribution < 1.29 is 8.42 Å². The molecule has 5 heteroatoms. The van der Waals surface area contributed by atoms with Crippen LogP contribution in [0.4, 0.5) is 0 Å². The van der Waals surface area contributed by atoms with Gasteiger partial charge in [-0.2, -0.15) is 0 Å². The minimum Gasteiger partial charge on any atom is -0.212 e. The summed E-state index contributed by atoms with van der Waals surface area (Å²) in [5.41, 5.74) is 0.948. The normalized spacial score (nSPS) is 14.1. The molecule has 0 bridgehead atoms. The van der Waals surface area contributed by atoms with Crippen LogP contribution in [0.15, 0.2) is 24.3 Å². The zero-order valence-electron chi connectivity index (χ0n) is 9.15. The van der Waals surface area contributed by atoms with Crippen molar-refractivity contribution in [3.05, 3.63) is 34.9 Å². The van der Waals surface area contributed by atoms with Gasteiger partial charge in [-0.25, -0.2) is 8.42 Å². The molecule has 0 radical (unpaired) electrons. The average Bonchev–Trinajstić information content (AvgIpc) is 2.14. The second-order valence-electron chi connectivity index (χ2n) is 4.11. The van der Waals surface area contributed by atoms with Crippen molar-refractivity contribution in [2.45, 2.75) is 19.8 Å². The minimum absolute atomic E-state index is 0.0478. The van der Waals surface area contributed by atoms with Gasteiger partial charge < -0.3 is 0 Å². The molecule has 1 aromatic carbocycles. The maximum Gasteiger partial charge on any atom is 0.233 e. The number of hydrogen-bond donors (Lipinski definition) is 0. The Bertz CT molecular complexity index is 438. The van der Waals surface area contributed by atoms with Gasteiger partial charge in [-0.3, -0.25) is 0 Å². The molecular weight excluding hydrogens is 267 g/mol. The Balaban J connectivity index is 2.99. The van der Waals surface area contributed by atoms with Gasteiger partial charge in [0.25, 0.3) is 0 Å². The summed E-state index contributed by atoms with van der Waals surface area (Å²) in [6, 6.07) is 7.20. The molecule has 0 saturated heterocycles. The number of hydrogen-bond acceptors (Lipinski definition) is 2. The summed E-state index contributed by atoms with van der Waals surface area (Å²) in [6.07, 6.45) is 0. The predicted molar refractivity (Wildman–Crippen MR) is 68.7 cm³/mol. The third-order valence-corrected chi connectivity index (χ3v) is 3.87. The van der Waals surface area contributed by atoms with E-state index in [0.717, 1.165) is 5.56 Å². The van der Waals surface area contributed by atoms with Crippen molar-refractivity contribution in [2.24, 2.45) is 5.92 Å².